The molecule has 2 saturated heterocycles. The van der Waals surface area contributed by atoms with Crippen LogP contribution in [0.4, 0.5) is 12.0 Å². The zero-order valence-electron chi connectivity index (χ0n) is 73.0. The molecule has 2 aliphatic heterocycles. The van der Waals surface area contributed by atoms with Gasteiger partial charge in [0.25, 0.3) is 12.0 Å². The van der Waals surface area contributed by atoms with Crippen molar-refractivity contribution in [2.24, 2.45) is 69.0 Å². The van der Waals surface area contributed by atoms with Crippen molar-refractivity contribution in [3.8, 4) is 45.8 Å². The third kappa shape index (κ3) is 21.6. The number of benzene rings is 2. The molecule has 6 aliphatic carbocycles. The molecule has 6 N–H and O–H groups in total. The minimum atomic E-state index is -1.16. The summed E-state index contributed by atoms with van der Waals surface area (Å²) in [5.41, 5.74) is -0.966. The maximum Gasteiger partial charge on any atom is 1.00 e. The number of Topliss-reactive ketones (excluding diaryl/α,β-unsaturated/α-hetero) is 2. The van der Waals surface area contributed by atoms with Crippen LogP contribution >= 0.6 is 23.2 Å². The largest absolute Gasteiger partial charge is 1.00 e. The smallest absolute Gasteiger partial charge is 0.870 e. The standard InChI is InChI=1S/C45H59ClN4O10.C44H57ClN4O10.Li.2H2O/c1-9-27-20-45(27,42(54)56-8)21-35(51)34-17-29(22-50(34)41(53)31(44(4,5)6)18-38(52)60-28-15-25-14-26(25)16-28)59-37-19-32(33-23-58-43(49-33)47-24(2)3)48-40-30(37)10-11-36(39(40)46)57-13-12-55-7;1-8-26-19-44(26,41(53)54)20-34(50)33-16-28(21-49(33)40(52)30(43(4,5)6)17-37(51)59-27-14-24-13-25(24)15-27)58-36-18-31(32-22-57-42(48-32)46-23(2)3)47-39-29(36)9-10-35(38(39)45)56-12-11-55-7;;;/h10-11,19,23-29,31,34H,9,12-18,20-22H2,1-8H3,(H,47,49);9-10,18,22-28,30,33H,8,11-17,19-21H2,1-7H3,(H,46,48)(H,53,54);;2*1H2/q;;+1;;/p-1/t25-,26+,27-,28?,29-,31-,34+,45-;24-,25+,26-,27?,28-,30-,33+,44-;;;/m11.../s1. The van der Waals surface area contributed by atoms with Gasteiger partial charge in [-0.15, -0.1) is 0 Å². The van der Waals surface area contributed by atoms with Crippen LogP contribution in [0.25, 0.3) is 44.6 Å². The number of ketones is 2. The van der Waals surface area contributed by atoms with Crippen molar-refractivity contribution in [1.29, 1.82) is 0 Å². The number of aromatic nitrogens is 4. The van der Waals surface area contributed by atoms with Gasteiger partial charge in [-0.3, -0.25) is 38.4 Å². The molecule has 14 rings (SSSR count). The number of ether oxygens (including phenoxy) is 9. The van der Waals surface area contributed by atoms with Gasteiger partial charge in [0, 0.05) is 74.9 Å². The van der Waals surface area contributed by atoms with E-state index < -0.39 is 81.7 Å². The molecule has 6 aromatic rings. The maximum atomic E-state index is 14.9. The number of hydrogen-bond donors (Lipinski definition) is 3. The zero-order chi connectivity index (χ0) is 85.5. The number of methoxy groups -OCH3 is 3. The predicted octanol–water partition coefficient (Wildman–Crippen LogP) is 11.3. The van der Waals surface area contributed by atoms with Gasteiger partial charge in [0.05, 0.1) is 103 Å². The molecule has 0 spiro atoms. The number of halogens is 2. The van der Waals surface area contributed by atoms with E-state index in [1.54, 1.807) is 55.5 Å². The van der Waals surface area contributed by atoms with Crippen molar-refractivity contribution >= 4 is 104 Å². The molecule has 0 bridgehead atoms. The second-order valence-electron chi connectivity index (χ2n) is 36.8. The summed E-state index contributed by atoms with van der Waals surface area (Å²) in [5.74, 6) is -1.11. The van der Waals surface area contributed by atoms with E-state index in [0.717, 1.165) is 32.1 Å². The van der Waals surface area contributed by atoms with E-state index in [1.165, 1.54) is 37.4 Å². The second kappa shape index (κ2) is 39.5. The first-order valence-electron chi connectivity index (χ1n) is 42.2. The quantitative estimate of drug-likeness (QED) is 0.0142. The molecular weight excluding hydrogens is 1610 g/mol. The molecule has 6 heterocycles. The summed E-state index contributed by atoms with van der Waals surface area (Å²) >= 11 is 13.9. The van der Waals surface area contributed by atoms with Crippen LogP contribution in [0.2, 0.25) is 10.0 Å². The summed E-state index contributed by atoms with van der Waals surface area (Å²) < 4.78 is 64.1. The Bertz CT molecular complexity index is 4760. The number of oxazole rings is 2. The van der Waals surface area contributed by atoms with Crippen molar-refractivity contribution in [1.82, 2.24) is 29.7 Å². The topological polar surface area (TPSA) is 410 Å². The zero-order valence-corrected chi connectivity index (χ0v) is 74.5. The number of anilines is 2. The summed E-state index contributed by atoms with van der Waals surface area (Å²) in [7, 11) is 4.50. The monoisotopic (exact) mass is 1730 g/mol. The maximum absolute atomic E-state index is 14.9. The van der Waals surface area contributed by atoms with E-state index in [4.69, 9.17) is 84.6 Å². The molecule has 2 amide bonds. The molecule has 16 atom stereocenters. The number of carboxylic acids is 1. The van der Waals surface area contributed by atoms with Gasteiger partial charge in [-0.25, -0.2) is 9.97 Å². The molecule has 8 aliphatic rings. The minimum Gasteiger partial charge on any atom is -0.870 e. The van der Waals surface area contributed by atoms with Crippen LogP contribution in [-0.4, -0.2) is 202 Å². The molecule has 33 heteroatoms. The number of carbonyl (C=O) groups is 8. The second-order valence-corrected chi connectivity index (χ2v) is 37.6. The SMILES string of the molecule is CC[C@@H]1C[C@]1(CC(=O)[C@@H]1C[C@@H](Oc2cc(-c3coc(NC(C)C)n3)nc3c(Cl)c(OCCOC)ccc23)CN1C(=O)[C@@H](CC(=O)OC1C[C@@H]2C[C@@H]2C1)C(C)(C)C)C(=O)O.CC[C@@H]1C[C@]1(CC(=O)[C@@H]1C[C@@H](Oc2cc(-c3coc(NC(C)C)n3)nc3c(Cl)c(OCCOC)ccc23)CN1C(=O)[C@@H](CC(=O)OC1C[C@@H]2C[C@@H]2C1)C(C)(C)C)C(=O)OC.O.[Li+].[OH-]. The van der Waals surface area contributed by atoms with Gasteiger partial charge < -0.3 is 88.0 Å². The number of carboxylic acid groups (broad SMARTS) is 1. The molecule has 30 nitrogen and oxygen atoms in total. The van der Waals surface area contributed by atoms with Gasteiger partial charge in [0.1, 0.15) is 94.6 Å². The van der Waals surface area contributed by atoms with Crippen molar-refractivity contribution in [3.63, 3.8) is 0 Å². The van der Waals surface area contributed by atoms with E-state index in [9.17, 15) is 43.5 Å². The van der Waals surface area contributed by atoms with Crippen LogP contribution in [0, 0.1) is 69.0 Å². The van der Waals surface area contributed by atoms with E-state index in [0.29, 0.717) is 136 Å². The Hall–Kier alpha value is -8.34. The van der Waals surface area contributed by atoms with Crippen molar-refractivity contribution < 1.29 is 125 Å². The fourth-order valence-electron chi connectivity index (χ4n) is 18.4. The fraction of sp³-hybridized carbons (Fsp3) is 0.640. The van der Waals surface area contributed by atoms with Gasteiger partial charge in [0.2, 0.25) is 11.8 Å². The molecule has 2 unspecified atom stereocenters. The van der Waals surface area contributed by atoms with E-state index in [-0.39, 0.29) is 164 Å². The Morgan fingerprint density at radius 2 is 0.926 bits per heavy atom. The Kier molecular flexibility index (Phi) is 31.0. The third-order valence-corrected chi connectivity index (χ3v) is 26.2. The first kappa shape index (κ1) is 95.9. The fourth-order valence-corrected chi connectivity index (χ4v) is 18.9. The van der Waals surface area contributed by atoms with Gasteiger partial charge in [0.15, 0.2) is 11.6 Å². The van der Waals surface area contributed by atoms with Crippen LogP contribution in [0.1, 0.15) is 186 Å². The van der Waals surface area contributed by atoms with Gasteiger partial charge >= 0.3 is 42.7 Å². The van der Waals surface area contributed by atoms with Gasteiger partial charge in [-0.05, 0) is 150 Å². The Morgan fingerprint density at radius 1 is 0.541 bits per heavy atom. The average molecular weight is 1730 g/mol. The summed E-state index contributed by atoms with van der Waals surface area (Å²) in [4.78, 5) is 133. The van der Waals surface area contributed by atoms with Crippen molar-refractivity contribution in [2.75, 3.05) is 71.5 Å². The summed E-state index contributed by atoms with van der Waals surface area (Å²) in [6, 6.07) is 9.39. The number of rotatable bonds is 36. The Labute approximate surface area is 734 Å². The summed E-state index contributed by atoms with van der Waals surface area (Å²) in [6.45, 7) is 24.6. The molecule has 6 saturated carbocycles. The van der Waals surface area contributed by atoms with Gasteiger partial charge in [-0.1, -0.05) is 91.4 Å². The van der Waals surface area contributed by atoms with Crippen molar-refractivity contribution in [2.45, 2.75) is 234 Å². The third-order valence-electron chi connectivity index (χ3n) is 25.4. The number of nitrogens with zero attached hydrogens (tertiary/aromatic N) is 6. The van der Waals surface area contributed by atoms with Crippen LogP contribution in [-0.2, 0) is 62.0 Å². The van der Waals surface area contributed by atoms with Crippen LogP contribution in [0.3, 0.4) is 0 Å². The first-order chi connectivity index (χ1) is 56.5. The van der Waals surface area contributed by atoms with Gasteiger partial charge in [-0.2, -0.15) is 9.97 Å². The minimum absolute atomic E-state index is 0. The number of likely N-dealkylation sites (tertiary alicyclic amines) is 2. The van der Waals surface area contributed by atoms with Crippen LogP contribution < -0.4 is 48.4 Å². The van der Waals surface area contributed by atoms with E-state index in [2.05, 4.69) is 20.6 Å². The number of fused-ring (bicyclic) bond motifs is 4. The Morgan fingerprint density at radius 3 is 1.27 bits per heavy atom. The normalized spacial score (nSPS) is 25.6. The number of carbonyl (C=O) groups excluding carboxylic acids is 7. The molecule has 4 aromatic heterocycles. The number of pyridine rings is 2. The number of esters is 3. The molecule has 662 valence electrons. The first-order valence-corrected chi connectivity index (χ1v) is 43.0. The predicted molar refractivity (Wildman–Crippen MR) is 448 cm³/mol. The van der Waals surface area contributed by atoms with Crippen molar-refractivity contribution in [3.05, 3.63) is 59.0 Å². The average Bonchev–Trinajstić information content (AvgIpc) is 1.65. The summed E-state index contributed by atoms with van der Waals surface area (Å²) in [6.07, 6.45) is 9.29. The molecule has 0 radical (unpaired) electrons. The number of aliphatic carboxylic acids is 1. The molecule has 2 aromatic carbocycles. The van der Waals surface area contributed by atoms with E-state index >= 15 is 0 Å². The molecular formula is C89H119Cl2LiN8O22. The van der Waals surface area contributed by atoms with E-state index in [1.807, 2.05) is 83.1 Å². The molecule has 122 heavy (non-hydrogen) atoms. The Balaban J connectivity index is 0.000000250. The summed E-state index contributed by atoms with van der Waals surface area (Å²) in [5, 5.41) is 18.2. The van der Waals surface area contributed by atoms with Crippen LogP contribution in [0.15, 0.2) is 57.8 Å². The number of nitrogens with one attached hydrogen (secondary N) is 2. The molecule has 8 fully saturated rings. The van der Waals surface area contributed by atoms with Crippen LogP contribution in [0.5, 0.6) is 23.0 Å². The number of amides is 2. The number of hydrogen-bond acceptors (Lipinski definition) is 26.